The zero-order chi connectivity index (χ0) is 35.4. The van der Waals surface area contributed by atoms with Gasteiger partial charge in [0.25, 0.3) is 5.91 Å². The first-order valence-corrected chi connectivity index (χ1v) is 18.7. The Hall–Kier alpha value is -3.93. The quantitative estimate of drug-likeness (QED) is 0.294. The molecule has 1 aromatic heterocycles. The highest BCUT2D eigenvalue weighted by atomic mass is 16.3. The molecule has 1 aliphatic heterocycles. The molecule has 2 aromatic carbocycles. The molecule has 1 saturated heterocycles. The third kappa shape index (κ3) is 5.67. The Kier molecular flexibility index (Phi) is 9.19. The lowest BCUT2D eigenvalue weighted by molar-refractivity contribution is -0.135. The topological polar surface area (TPSA) is 97.2 Å². The smallest absolute Gasteiger partial charge is 0.273 e. The van der Waals surface area contributed by atoms with Crippen molar-refractivity contribution in [2.75, 3.05) is 37.6 Å². The van der Waals surface area contributed by atoms with Crippen LogP contribution in [0.4, 0.5) is 5.69 Å². The number of carbonyl (C=O) groups is 2. The number of rotatable bonds is 7. The van der Waals surface area contributed by atoms with Gasteiger partial charge in [-0.15, -0.1) is 6.42 Å². The maximum Gasteiger partial charge on any atom is 0.273 e. The Balaban J connectivity index is 1.07. The summed E-state index contributed by atoms with van der Waals surface area (Å²) in [5.74, 6) is 3.82. The minimum absolute atomic E-state index is 0.0509. The van der Waals surface area contributed by atoms with Crippen LogP contribution in [0.25, 0.3) is 10.9 Å². The van der Waals surface area contributed by atoms with Crippen LogP contribution in [0.1, 0.15) is 105 Å². The van der Waals surface area contributed by atoms with Gasteiger partial charge in [-0.3, -0.25) is 9.59 Å². The molecular weight excluding hydrogens is 624 g/mol. The first-order chi connectivity index (χ1) is 24.0. The number of aryl methyl sites for hydroxylation is 1. The third-order valence-electron chi connectivity index (χ3n) is 13.0. The van der Waals surface area contributed by atoms with Gasteiger partial charge in [0.15, 0.2) is 0 Å². The SMILES string of the molecule is C#C[C@]1(O)CCC2[C@@H]3CCc4cc(C(C)O)c(N5CCN(C(=O)[C@H](C)N(CCC)C(=O)c6ccc7ccccc7n6)CC5)cc4C3CC[C@@]21C. The number of hydrogen-bond acceptors (Lipinski definition) is 6. The van der Waals surface area contributed by atoms with Crippen LogP contribution in [0.3, 0.4) is 0 Å². The van der Waals surface area contributed by atoms with Crippen LogP contribution in [-0.4, -0.2) is 81.2 Å². The lowest BCUT2D eigenvalue weighted by atomic mass is 9.53. The fourth-order valence-corrected chi connectivity index (χ4v) is 10.1. The summed E-state index contributed by atoms with van der Waals surface area (Å²) < 4.78 is 0. The average molecular weight is 677 g/mol. The van der Waals surface area contributed by atoms with E-state index in [1.165, 1.54) is 11.1 Å². The van der Waals surface area contributed by atoms with E-state index in [-0.39, 0.29) is 17.2 Å². The number of aromatic nitrogens is 1. The molecule has 3 fully saturated rings. The molecular formula is C42H52N4O4. The van der Waals surface area contributed by atoms with E-state index in [9.17, 15) is 19.8 Å². The van der Waals surface area contributed by atoms with Crippen molar-refractivity contribution in [3.63, 3.8) is 0 Å². The molecule has 0 radical (unpaired) electrons. The molecule has 0 spiro atoms. The molecule has 8 nitrogen and oxygen atoms in total. The normalized spacial score (nSPS) is 28.6. The lowest BCUT2D eigenvalue weighted by Gasteiger charge is -2.52. The molecule has 4 aliphatic rings. The van der Waals surface area contributed by atoms with Crippen LogP contribution < -0.4 is 4.90 Å². The number of carbonyl (C=O) groups excluding carboxylic acids is 2. The molecule has 8 heteroatoms. The van der Waals surface area contributed by atoms with Crippen LogP contribution in [0.15, 0.2) is 48.5 Å². The Morgan fingerprint density at radius 3 is 2.54 bits per heavy atom. The van der Waals surface area contributed by atoms with Gasteiger partial charge in [-0.1, -0.05) is 50.1 Å². The molecule has 3 unspecified atom stereocenters. The molecule has 50 heavy (non-hydrogen) atoms. The number of para-hydroxylation sites is 1. The van der Waals surface area contributed by atoms with E-state index >= 15 is 0 Å². The summed E-state index contributed by atoms with van der Waals surface area (Å²) in [7, 11) is 0. The average Bonchev–Trinajstić information content (AvgIpc) is 3.42. The van der Waals surface area contributed by atoms with Crippen LogP contribution >= 0.6 is 0 Å². The summed E-state index contributed by atoms with van der Waals surface area (Å²) in [6, 6.07) is 15.4. The van der Waals surface area contributed by atoms with Gasteiger partial charge < -0.3 is 24.9 Å². The molecule has 264 valence electrons. The molecule has 7 rings (SSSR count). The van der Waals surface area contributed by atoms with Crippen LogP contribution in [0, 0.1) is 29.6 Å². The van der Waals surface area contributed by atoms with Crippen molar-refractivity contribution in [2.24, 2.45) is 17.3 Å². The van der Waals surface area contributed by atoms with Crippen molar-refractivity contribution in [1.82, 2.24) is 14.8 Å². The zero-order valence-electron chi connectivity index (χ0n) is 30.1. The van der Waals surface area contributed by atoms with Gasteiger partial charge >= 0.3 is 0 Å². The van der Waals surface area contributed by atoms with Crippen LogP contribution in [0.2, 0.25) is 0 Å². The summed E-state index contributed by atoms with van der Waals surface area (Å²) in [6.45, 7) is 10.8. The number of fused-ring (bicyclic) bond motifs is 6. The maximum atomic E-state index is 13.9. The number of terminal acetylenes is 1. The standard InChI is InChI=1S/C42H52N4O4/c1-6-20-46(40(49)37-15-13-29-10-8-9-11-36(29)43-37)27(3)39(48)45-23-21-44(22-24-45)38-26-34-30(25-33(38)28(4)47)12-14-32-31(34)16-18-41(5)35(32)17-19-42(41,50)7-2/h2,8-11,13,15,25-28,31-32,35,47,50H,6,12,14,16-24H2,1,3-5H3/t27-,28?,31?,32+,35?,41-,42-/m0/s1. The van der Waals surface area contributed by atoms with E-state index in [1.54, 1.807) is 11.0 Å². The maximum absolute atomic E-state index is 13.9. The highest BCUT2D eigenvalue weighted by molar-refractivity contribution is 5.97. The number of piperazine rings is 1. The minimum Gasteiger partial charge on any atom is -0.389 e. The molecule has 2 saturated carbocycles. The second kappa shape index (κ2) is 13.3. The van der Waals surface area contributed by atoms with Gasteiger partial charge in [-0.25, -0.2) is 4.98 Å². The van der Waals surface area contributed by atoms with E-state index in [1.807, 2.05) is 56.0 Å². The number of pyridine rings is 1. The van der Waals surface area contributed by atoms with Gasteiger partial charge in [-0.05, 0) is 106 Å². The Morgan fingerprint density at radius 2 is 1.82 bits per heavy atom. The van der Waals surface area contributed by atoms with Crippen LogP contribution in [0.5, 0.6) is 0 Å². The fraction of sp³-hybridized carbons (Fsp3) is 0.548. The third-order valence-corrected chi connectivity index (χ3v) is 13.0. The molecule has 3 aliphatic carbocycles. The number of nitrogens with zero attached hydrogens (tertiary/aromatic N) is 4. The van der Waals surface area contributed by atoms with E-state index in [2.05, 4.69) is 34.9 Å². The first-order valence-electron chi connectivity index (χ1n) is 18.7. The van der Waals surface area contributed by atoms with Gasteiger partial charge in [0.2, 0.25) is 5.91 Å². The summed E-state index contributed by atoms with van der Waals surface area (Å²) in [6.07, 6.45) is 11.7. The predicted octanol–water partition coefficient (Wildman–Crippen LogP) is 6.10. The summed E-state index contributed by atoms with van der Waals surface area (Å²) in [5, 5.41) is 23.3. The number of anilines is 1. The molecule has 7 atom stereocenters. The number of benzene rings is 2. The van der Waals surface area contributed by atoms with Gasteiger partial charge in [0.1, 0.15) is 17.3 Å². The van der Waals surface area contributed by atoms with Gasteiger partial charge in [0, 0.05) is 54.8 Å². The van der Waals surface area contributed by atoms with Crippen molar-refractivity contribution < 1.29 is 19.8 Å². The van der Waals surface area contributed by atoms with Crippen molar-refractivity contribution in [3.05, 3.63) is 70.9 Å². The second-order valence-electron chi connectivity index (χ2n) is 15.6. The minimum atomic E-state index is -1.02. The first kappa shape index (κ1) is 34.5. The number of aliphatic hydroxyl groups excluding tert-OH is 1. The van der Waals surface area contributed by atoms with Gasteiger partial charge in [-0.2, -0.15) is 0 Å². The molecule has 3 aromatic rings. The van der Waals surface area contributed by atoms with E-state index < -0.39 is 17.7 Å². The Bertz CT molecular complexity index is 1830. The highest BCUT2D eigenvalue weighted by Gasteiger charge is 2.61. The molecule has 2 N–H and O–H groups in total. The number of aliphatic hydroxyl groups is 2. The second-order valence-corrected chi connectivity index (χ2v) is 15.6. The molecule has 0 bridgehead atoms. The zero-order valence-corrected chi connectivity index (χ0v) is 30.1. The summed E-state index contributed by atoms with van der Waals surface area (Å²) in [4.78, 5) is 38.2. The van der Waals surface area contributed by atoms with Gasteiger partial charge in [0.05, 0.1) is 11.6 Å². The largest absolute Gasteiger partial charge is 0.389 e. The number of hydrogen-bond donors (Lipinski definition) is 2. The highest BCUT2D eigenvalue weighted by Crippen LogP contribution is 2.64. The van der Waals surface area contributed by atoms with Crippen molar-refractivity contribution in [1.29, 1.82) is 0 Å². The van der Waals surface area contributed by atoms with Crippen molar-refractivity contribution in [2.45, 2.75) is 96.3 Å². The summed E-state index contributed by atoms with van der Waals surface area (Å²) in [5.41, 5.74) is 4.58. The fourth-order valence-electron chi connectivity index (χ4n) is 10.1. The van der Waals surface area contributed by atoms with E-state index in [4.69, 9.17) is 6.42 Å². The van der Waals surface area contributed by atoms with E-state index in [0.717, 1.165) is 60.7 Å². The predicted molar refractivity (Wildman–Crippen MR) is 197 cm³/mol. The van der Waals surface area contributed by atoms with Crippen molar-refractivity contribution >= 4 is 28.4 Å². The molecule has 2 amide bonds. The monoisotopic (exact) mass is 676 g/mol. The van der Waals surface area contributed by atoms with Crippen molar-refractivity contribution in [3.8, 4) is 12.3 Å². The Morgan fingerprint density at radius 1 is 1.06 bits per heavy atom. The number of amides is 2. The Labute approximate surface area is 296 Å². The van der Waals surface area contributed by atoms with Crippen LogP contribution in [-0.2, 0) is 11.2 Å². The molecule has 2 heterocycles. The summed E-state index contributed by atoms with van der Waals surface area (Å²) >= 11 is 0. The van der Waals surface area contributed by atoms with E-state index in [0.29, 0.717) is 62.6 Å². The lowest BCUT2D eigenvalue weighted by Crippen LogP contribution is -2.55.